The Morgan fingerprint density at radius 3 is 2.39 bits per heavy atom. The molecule has 2 heterocycles. The molecule has 0 radical (unpaired) electrons. The number of rotatable bonds is 5. The van der Waals surface area contributed by atoms with Crippen LogP contribution in [-0.4, -0.2) is 66.4 Å². The second kappa shape index (κ2) is 8.53. The highest BCUT2D eigenvalue weighted by Gasteiger charge is 2.33. The van der Waals surface area contributed by atoms with Gasteiger partial charge in [-0.2, -0.15) is 5.26 Å². The van der Waals surface area contributed by atoms with Crippen LogP contribution in [0.2, 0.25) is 0 Å². The third-order valence-corrected chi connectivity index (χ3v) is 5.31. The molecule has 0 unspecified atom stereocenters. The molecule has 0 saturated carbocycles. The zero-order chi connectivity index (χ0) is 21.1. The molecule has 1 aliphatic heterocycles. The average molecular weight is 384 g/mol. The number of ketones is 1. The molecule has 7 heteroatoms. The lowest BCUT2D eigenvalue weighted by molar-refractivity contribution is -0.113. The number of nitriles is 1. The van der Waals surface area contributed by atoms with Gasteiger partial charge in [-0.05, 0) is 45.2 Å². The van der Waals surface area contributed by atoms with Gasteiger partial charge in [0.05, 0.1) is 11.3 Å². The van der Waals surface area contributed by atoms with Crippen molar-refractivity contribution in [1.82, 2.24) is 14.8 Å². The molecule has 1 aliphatic rings. The van der Waals surface area contributed by atoms with Gasteiger partial charge in [0.25, 0.3) is 5.91 Å². The van der Waals surface area contributed by atoms with E-state index in [0.29, 0.717) is 24.4 Å². The summed E-state index contributed by atoms with van der Waals surface area (Å²) in [5.41, 5.74) is 2.22. The first kappa shape index (κ1) is 21.6. The van der Waals surface area contributed by atoms with Gasteiger partial charge in [0, 0.05) is 46.1 Å². The summed E-state index contributed by atoms with van der Waals surface area (Å²) < 4.78 is 5.61. The average Bonchev–Trinajstić information content (AvgIpc) is 2.66. The third-order valence-electron chi connectivity index (χ3n) is 5.31. The zero-order valence-corrected chi connectivity index (χ0v) is 17.5. The maximum Gasteiger partial charge on any atom is 0.271 e. The third kappa shape index (κ3) is 4.39. The van der Waals surface area contributed by atoms with Crippen LogP contribution in [0.15, 0.2) is 17.8 Å². The molecule has 7 nitrogen and oxygen atoms in total. The molecule has 0 atom stereocenters. The van der Waals surface area contributed by atoms with Crippen molar-refractivity contribution in [2.45, 2.75) is 39.2 Å². The molecule has 1 aromatic heterocycles. The van der Waals surface area contributed by atoms with Crippen molar-refractivity contribution in [3.63, 3.8) is 0 Å². The Labute approximate surface area is 166 Å². The molecule has 0 aromatic carbocycles. The Morgan fingerprint density at radius 2 is 1.93 bits per heavy atom. The molecule has 1 saturated heterocycles. The molecule has 1 amide bonds. The Bertz CT molecular complexity index is 844. The standard InChI is InChI=1S/C21H28N4O3/c1-14-13-23-18(20(27)24(4)5)11-16(14)19(17(12-22)15(2)26)25-9-7-21(3,28-6)8-10-25/h11,13H,7-10H2,1-6H3/b19-17+. The molecule has 0 bridgehead atoms. The predicted molar refractivity (Wildman–Crippen MR) is 106 cm³/mol. The Balaban J connectivity index is 2.60. The van der Waals surface area contributed by atoms with Crippen LogP contribution in [-0.2, 0) is 9.53 Å². The summed E-state index contributed by atoms with van der Waals surface area (Å²) in [6, 6.07) is 3.75. The fourth-order valence-corrected chi connectivity index (χ4v) is 3.29. The van der Waals surface area contributed by atoms with E-state index in [1.165, 1.54) is 11.8 Å². The number of carbonyl (C=O) groups excluding carboxylic acids is 2. The van der Waals surface area contributed by atoms with Gasteiger partial charge in [0.15, 0.2) is 5.78 Å². The number of pyridine rings is 1. The van der Waals surface area contributed by atoms with Crippen molar-refractivity contribution >= 4 is 17.4 Å². The fraction of sp³-hybridized carbons (Fsp3) is 0.524. The van der Waals surface area contributed by atoms with Crippen molar-refractivity contribution in [2.75, 3.05) is 34.3 Å². The lowest BCUT2D eigenvalue weighted by atomic mass is 9.91. The summed E-state index contributed by atoms with van der Waals surface area (Å²) in [6.45, 7) is 6.62. The van der Waals surface area contributed by atoms with Crippen LogP contribution < -0.4 is 0 Å². The molecular weight excluding hydrogens is 356 g/mol. The van der Waals surface area contributed by atoms with Crippen molar-refractivity contribution in [3.05, 3.63) is 34.7 Å². The first-order chi connectivity index (χ1) is 13.1. The van der Waals surface area contributed by atoms with E-state index in [2.05, 4.69) is 18.0 Å². The summed E-state index contributed by atoms with van der Waals surface area (Å²) in [6.07, 6.45) is 3.17. The van der Waals surface area contributed by atoms with E-state index in [1.54, 1.807) is 33.5 Å². The van der Waals surface area contributed by atoms with Crippen molar-refractivity contribution in [2.24, 2.45) is 0 Å². The van der Waals surface area contributed by atoms with Crippen LogP contribution in [0.3, 0.4) is 0 Å². The number of piperidine rings is 1. The number of aromatic nitrogens is 1. The number of aryl methyl sites for hydroxylation is 1. The topological polar surface area (TPSA) is 86.5 Å². The minimum absolute atomic E-state index is 0.0959. The van der Waals surface area contributed by atoms with Crippen LogP contribution >= 0.6 is 0 Å². The summed E-state index contributed by atoms with van der Waals surface area (Å²) in [4.78, 5) is 32.4. The Morgan fingerprint density at radius 1 is 1.32 bits per heavy atom. The Hall–Kier alpha value is -2.72. The summed E-state index contributed by atoms with van der Waals surface area (Å²) in [5, 5.41) is 9.69. The summed E-state index contributed by atoms with van der Waals surface area (Å²) in [7, 11) is 5.02. The molecule has 28 heavy (non-hydrogen) atoms. The van der Waals surface area contributed by atoms with Gasteiger partial charge in [-0.15, -0.1) is 0 Å². The molecule has 1 fully saturated rings. The maximum atomic E-state index is 12.4. The zero-order valence-electron chi connectivity index (χ0n) is 17.5. The summed E-state index contributed by atoms with van der Waals surface area (Å²) in [5.74, 6) is -0.526. The fourth-order valence-electron chi connectivity index (χ4n) is 3.29. The van der Waals surface area contributed by atoms with Gasteiger partial charge in [-0.3, -0.25) is 14.6 Å². The lowest BCUT2D eigenvalue weighted by Crippen LogP contribution is -2.43. The largest absolute Gasteiger partial charge is 0.378 e. The first-order valence-electron chi connectivity index (χ1n) is 9.27. The quantitative estimate of drug-likeness (QED) is 0.572. The molecule has 0 aliphatic carbocycles. The molecular formula is C21H28N4O3. The maximum absolute atomic E-state index is 12.4. The highest BCUT2D eigenvalue weighted by Crippen LogP contribution is 2.33. The molecule has 0 N–H and O–H groups in total. The number of amides is 1. The predicted octanol–water partition coefficient (Wildman–Crippen LogP) is 2.42. The van der Waals surface area contributed by atoms with Crippen LogP contribution in [0.25, 0.3) is 5.70 Å². The van der Waals surface area contributed by atoms with Gasteiger partial charge in [0.2, 0.25) is 0 Å². The lowest BCUT2D eigenvalue weighted by Gasteiger charge is -2.41. The van der Waals surface area contributed by atoms with Gasteiger partial charge < -0.3 is 14.5 Å². The van der Waals surface area contributed by atoms with Gasteiger partial charge >= 0.3 is 0 Å². The van der Waals surface area contributed by atoms with Crippen molar-refractivity contribution < 1.29 is 14.3 Å². The number of likely N-dealkylation sites (tertiary alicyclic amines) is 1. The number of nitrogens with zero attached hydrogens (tertiary/aromatic N) is 4. The highest BCUT2D eigenvalue weighted by molar-refractivity contribution is 6.05. The van der Waals surface area contributed by atoms with Crippen LogP contribution in [0.4, 0.5) is 0 Å². The van der Waals surface area contributed by atoms with E-state index in [0.717, 1.165) is 18.4 Å². The van der Waals surface area contributed by atoms with Gasteiger partial charge in [-0.1, -0.05) is 0 Å². The monoisotopic (exact) mass is 384 g/mol. The van der Waals surface area contributed by atoms with Crippen LogP contribution in [0.5, 0.6) is 0 Å². The number of allylic oxidation sites excluding steroid dienone is 1. The van der Waals surface area contributed by atoms with E-state index in [1.807, 2.05) is 11.8 Å². The number of hydrogen-bond acceptors (Lipinski definition) is 6. The summed E-state index contributed by atoms with van der Waals surface area (Å²) >= 11 is 0. The number of hydrogen-bond donors (Lipinski definition) is 0. The Kier molecular flexibility index (Phi) is 6.57. The SMILES string of the molecule is COC1(C)CCN(/C(=C(\C#N)C(C)=O)c2cc(C(=O)N(C)C)ncc2C)CC1. The smallest absolute Gasteiger partial charge is 0.271 e. The van der Waals surface area contributed by atoms with Crippen molar-refractivity contribution in [3.8, 4) is 6.07 Å². The molecule has 0 spiro atoms. The van der Waals surface area contributed by atoms with E-state index in [4.69, 9.17) is 4.74 Å². The normalized spacial score (nSPS) is 16.8. The van der Waals surface area contributed by atoms with E-state index >= 15 is 0 Å². The van der Waals surface area contributed by atoms with E-state index < -0.39 is 0 Å². The minimum atomic E-state index is -0.297. The second-order valence-corrected chi connectivity index (χ2v) is 7.62. The van der Waals surface area contributed by atoms with Crippen molar-refractivity contribution in [1.29, 1.82) is 5.26 Å². The van der Waals surface area contributed by atoms with Gasteiger partial charge in [0.1, 0.15) is 17.3 Å². The molecule has 150 valence electrons. The van der Waals surface area contributed by atoms with E-state index in [9.17, 15) is 14.9 Å². The number of ether oxygens (including phenoxy) is 1. The molecule has 2 rings (SSSR count). The van der Waals surface area contributed by atoms with Crippen LogP contribution in [0, 0.1) is 18.3 Å². The number of methoxy groups -OCH3 is 1. The van der Waals surface area contributed by atoms with Crippen LogP contribution in [0.1, 0.15) is 48.3 Å². The second-order valence-electron chi connectivity index (χ2n) is 7.62. The number of Topliss-reactive ketones (excluding diaryl/α,β-unsaturated/α-hetero) is 1. The first-order valence-corrected chi connectivity index (χ1v) is 9.27. The van der Waals surface area contributed by atoms with Gasteiger partial charge in [-0.25, -0.2) is 0 Å². The highest BCUT2D eigenvalue weighted by atomic mass is 16.5. The minimum Gasteiger partial charge on any atom is -0.378 e. The number of carbonyl (C=O) groups is 2. The molecule has 1 aromatic rings. The van der Waals surface area contributed by atoms with E-state index in [-0.39, 0.29) is 28.6 Å².